The minimum absolute atomic E-state index is 0.331. The zero-order chi connectivity index (χ0) is 16.7. The first-order valence-corrected chi connectivity index (χ1v) is 6.62. The lowest BCUT2D eigenvalue weighted by molar-refractivity contribution is -0.142. The van der Waals surface area contributed by atoms with Gasteiger partial charge < -0.3 is 20.2 Å². The van der Waals surface area contributed by atoms with Crippen molar-refractivity contribution >= 4 is 29.5 Å². The molecule has 0 saturated carbocycles. The van der Waals surface area contributed by atoms with E-state index in [1.54, 1.807) is 12.1 Å². The quantitative estimate of drug-likeness (QED) is 0.621. The van der Waals surface area contributed by atoms with E-state index in [-0.39, 0.29) is 0 Å². The molecule has 2 rings (SSSR count). The van der Waals surface area contributed by atoms with E-state index in [4.69, 9.17) is 14.9 Å². The summed E-state index contributed by atoms with van der Waals surface area (Å²) in [5.41, 5.74) is 5.90. The summed E-state index contributed by atoms with van der Waals surface area (Å²) in [5.74, 6) is -1.22. The predicted octanol–water partition coefficient (Wildman–Crippen LogP) is 1.57. The molecule has 1 aromatic heterocycles. The van der Waals surface area contributed by atoms with Crippen molar-refractivity contribution in [2.75, 3.05) is 11.9 Å². The van der Waals surface area contributed by atoms with Crippen LogP contribution in [0.1, 0.15) is 16.1 Å². The second-order valence-electron chi connectivity index (χ2n) is 4.45. The fourth-order valence-electron chi connectivity index (χ4n) is 1.64. The summed E-state index contributed by atoms with van der Waals surface area (Å²) in [5, 5.41) is 2.52. The monoisotopic (exact) mass is 314 g/mol. The number of primary amides is 1. The van der Waals surface area contributed by atoms with Gasteiger partial charge in [0.2, 0.25) is 5.91 Å². The molecule has 2 aromatic rings. The Labute approximate surface area is 131 Å². The number of rotatable bonds is 6. The van der Waals surface area contributed by atoms with Crippen LogP contribution in [0, 0.1) is 0 Å². The molecule has 1 heterocycles. The average Bonchev–Trinajstić information content (AvgIpc) is 3.05. The van der Waals surface area contributed by atoms with Gasteiger partial charge in [-0.2, -0.15) is 0 Å². The maximum atomic E-state index is 11.6. The minimum atomic E-state index is -0.666. The molecule has 0 aliphatic heterocycles. The van der Waals surface area contributed by atoms with Gasteiger partial charge >= 0.3 is 5.97 Å². The number of anilines is 1. The zero-order valence-corrected chi connectivity index (χ0v) is 12.0. The third-order valence-corrected chi connectivity index (χ3v) is 2.73. The van der Waals surface area contributed by atoms with E-state index in [0.29, 0.717) is 17.0 Å². The van der Waals surface area contributed by atoms with Crippen molar-refractivity contribution < 1.29 is 23.5 Å². The van der Waals surface area contributed by atoms with Crippen molar-refractivity contribution in [2.24, 2.45) is 5.73 Å². The Bertz CT molecular complexity index is 717. The van der Waals surface area contributed by atoms with E-state index in [9.17, 15) is 14.4 Å². The maximum absolute atomic E-state index is 11.6. The topological polar surface area (TPSA) is 112 Å². The molecule has 118 valence electrons. The van der Waals surface area contributed by atoms with Gasteiger partial charge in [-0.3, -0.25) is 9.59 Å². The van der Waals surface area contributed by atoms with Crippen LogP contribution in [-0.4, -0.2) is 24.4 Å². The highest BCUT2D eigenvalue weighted by Crippen LogP contribution is 2.09. The molecule has 23 heavy (non-hydrogen) atoms. The fraction of sp³-hybridized carbons (Fsp3) is 0.0625. The molecule has 0 spiro atoms. The average molecular weight is 314 g/mol. The number of benzene rings is 1. The first kappa shape index (κ1) is 16.0. The highest BCUT2D eigenvalue weighted by atomic mass is 16.5. The Morgan fingerprint density at radius 2 is 1.91 bits per heavy atom. The summed E-state index contributed by atoms with van der Waals surface area (Å²) in [6.07, 6.45) is 4.07. The van der Waals surface area contributed by atoms with Crippen molar-refractivity contribution in [3.8, 4) is 0 Å². The van der Waals surface area contributed by atoms with Crippen LogP contribution in [0.4, 0.5) is 5.69 Å². The zero-order valence-electron chi connectivity index (χ0n) is 12.0. The molecule has 7 nitrogen and oxygen atoms in total. The molecule has 0 saturated heterocycles. The molecular weight excluding hydrogens is 300 g/mol. The molecule has 0 aliphatic carbocycles. The summed E-state index contributed by atoms with van der Waals surface area (Å²) < 4.78 is 9.79. The summed E-state index contributed by atoms with van der Waals surface area (Å²) in [6.45, 7) is -0.432. The van der Waals surface area contributed by atoms with Crippen LogP contribution >= 0.6 is 0 Å². The first-order valence-electron chi connectivity index (χ1n) is 6.62. The number of nitrogens with two attached hydrogens (primary N) is 1. The number of hydrogen-bond donors (Lipinski definition) is 2. The van der Waals surface area contributed by atoms with E-state index in [1.165, 1.54) is 36.6 Å². The largest absolute Gasteiger partial charge is 0.465 e. The van der Waals surface area contributed by atoms with Gasteiger partial charge in [0, 0.05) is 17.3 Å². The third-order valence-electron chi connectivity index (χ3n) is 2.73. The molecule has 2 amide bonds. The van der Waals surface area contributed by atoms with Crippen LogP contribution < -0.4 is 11.1 Å². The van der Waals surface area contributed by atoms with Gasteiger partial charge in [0.25, 0.3) is 5.91 Å². The van der Waals surface area contributed by atoms with Gasteiger partial charge in [-0.25, -0.2) is 4.79 Å². The summed E-state index contributed by atoms with van der Waals surface area (Å²) in [7, 11) is 0. The number of nitrogens with one attached hydrogen (secondary N) is 1. The van der Waals surface area contributed by atoms with Crippen LogP contribution in [0.3, 0.4) is 0 Å². The Kier molecular flexibility index (Phi) is 5.30. The van der Waals surface area contributed by atoms with Crippen molar-refractivity contribution in [2.45, 2.75) is 0 Å². The SMILES string of the molecule is NC(=O)c1ccc(NC(=O)COC(=O)C=Cc2ccco2)cc1. The summed E-state index contributed by atoms with van der Waals surface area (Å²) >= 11 is 0. The first-order chi connectivity index (χ1) is 11.0. The number of carbonyl (C=O) groups is 3. The van der Waals surface area contributed by atoms with Crippen LogP contribution in [0.15, 0.2) is 53.2 Å². The van der Waals surface area contributed by atoms with E-state index in [0.717, 1.165) is 6.08 Å². The van der Waals surface area contributed by atoms with Crippen molar-refractivity contribution in [1.82, 2.24) is 0 Å². The van der Waals surface area contributed by atoms with Gasteiger partial charge in [-0.05, 0) is 42.5 Å². The molecular formula is C16H14N2O5. The summed E-state index contributed by atoms with van der Waals surface area (Å²) in [6, 6.07) is 9.37. The normalized spacial score (nSPS) is 10.4. The van der Waals surface area contributed by atoms with Crippen molar-refractivity contribution in [1.29, 1.82) is 0 Å². The second-order valence-corrected chi connectivity index (χ2v) is 4.45. The highest BCUT2D eigenvalue weighted by molar-refractivity contribution is 5.96. The van der Waals surface area contributed by atoms with Crippen molar-refractivity contribution in [3.05, 3.63) is 60.1 Å². The standard InChI is InChI=1S/C16H14N2O5/c17-16(21)11-3-5-12(6-4-11)18-14(19)10-23-15(20)8-7-13-2-1-9-22-13/h1-9H,10H2,(H2,17,21)(H,18,19). The van der Waals surface area contributed by atoms with Gasteiger partial charge in [-0.1, -0.05) is 0 Å². The highest BCUT2D eigenvalue weighted by Gasteiger charge is 2.06. The Morgan fingerprint density at radius 1 is 1.17 bits per heavy atom. The smallest absolute Gasteiger partial charge is 0.331 e. The maximum Gasteiger partial charge on any atom is 0.331 e. The lowest BCUT2D eigenvalue weighted by Gasteiger charge is -2.05. The van der Waals surface area contributed by atoms with Crippen LogP contribution in [0.5, 0.6) is 0 Å². The van der Waals surface area contributed by atoms with E-state index in [1.807, 2.05) is 0 Å². The van der Waals surface area contributed by atoms with Crippen molar-refractivity contribution in [3.63, 3.8) is 0 Å². The molecule has 1 aromatic carbocycles. The third kappa shape index (κ3) is 5.16. The Morgan fingerprint density at radius 3 is 2.52 bits per heavy atom. The van der Waals surface area contributed by atoms with Crippen LogP contribution in [-0.2, 0) is 14.3 Å². The second kappa shape index (κ2) is 7.60. The molecule has 0 atom stereocenters. The summed E-state index contributed by atoms with van der Waals surface area (Å²) in [4.78, 5) is 34.0. The molecule has 0 fully saturated rings. The number of hydrogen-bond acceptors (Lipinski definition) is 5. The van der Waals surface area contributed by atoms with Gasteiger partial charge in [0.15, 0.2) is 6.61 Å². The number of ether oxygens (including phenoxy) is 1. The molecule has 7 heteroatoms. The number of amides is 2. The Hall–Kier alpha value is -3.35. The van der Waals surface area contributed by atoms with Gasteiger partial charge in [0.05, 0.1) is 6.26 Å². The van der Waals surface area contributed by atoms with Crippen LogP contribution in [0.2, 0.25) is 0 Å². The van der Waals surface area contributed by atoms with E-state index in [2.05, 4.69) is 5.32 Å². The molecule has 0 aliphatic rings. The Balaban J connectivity index is 1.78. The number of furan rings is 1. The lowest BCUT2D eigenvalue weighted by atomic mass is 10.2. The minimum Gasteiger partial charge on any atom is -0.465 e. The molecule has 3 N–H and O–H groups in total. The van der Waals surface area contributed by atoms with Gasteiger partial charge in [-0.15, -0.1) is 0 Å². The molecule has 0 unspecified atom stereocenters. The van der Waals surface area contributed by atoms with E-state index >= 15 is 0 Å². The van der Waals surface area contributed by atoms with Gasteiger partial charge in [0.1, 0.15) is 5.76 Å². The predicted molar refractivity (Wildman–Crippen MR) is 82.3 cm³/mol. The number of esters is 1. The molecule has 0 bridgehead atoms. The van der Waals surface area contributed by atoms with Crippen LogP contribution in [0.25, 0.3) is 6.08 Å². The van der Waals surface area contributed by atoms with E-state index < -0.39 is 24.4 Å². The molecule has 0 radical (unpaired) electrons. The lowest BCUT2D eigenvalue weighted by Crippen LogP contribution is -2.20. The fourth-order valence-corrected chi connectivity index (χ4v) is 1.64. The number of carbonyl (C=O) groups excluding carboxylic acids is 3.